The number of rotatable bonds is 4. The quantitative estimate of drug-likeness (QED) is 0.900. The van der Waals surface area contributed by atoms with Gasteiger partial charge in [0.05, 0.1) is 12.5 Å². The molecule has 3 rings (SSSR count). The Balaban J connectivity index is 1.66. The molecule has 1 aliphatic carbocycles. The number of aliphatic hydroxyl groups excluding tert-OH is 1. The third-order valence-electron chi connectivity index (χ3n) is 4.87. The largest absolute Gasteiger partial charge is 0.393 e. The minimum atomic E-state index is -0.272. The number of fused-ring (bicyclic) bond motifs is 1. The molecule has 0 aliphatic heterocycles. The van der Waals surface area contributed by atoms with Crippen molar-refractivity contribution in [3.63, 3.8) is 0 Å². The molecule has 0 spiro atoms. The van der Waals surface area contributed by atoms with Crippen LogP contribution in [0.5, 0.6) is 0 Å². The Morgan fingerprint density at radius 2 is 2.17 bits per heavy atom. The number of carbonyl (C=O) groups excluding carboxylic acids is 1. The number of aromatic amines is 1. The highest BCUT2D eigenvalue weighted by molar-refractivity contribution is 6.31. The first-order valence-electron chi connectivity index (χ1n) is 8.22. The van der Waals surface area contributed by atoms with Crippen LogP contribution < -0.4 is 0 Å². The molecule has 1 saturated carbocycles. The first-order valence-corrected chi connectivity index (χ1v) is 8.60. The zero-order chi connectivity index (χ0) is 16.4. The van der Waals surface area contributed by atoms with Gasteiger partial charge in [-0.25, -0.2) is 0 Å². The van der Waals surface area contributed by atoms with Gasteiger partial charge in [-0.05, 0) is 36.6 Å². The standard InChI is InChI=1S/C18H23ClN2O2/c1-21(11-12-4-2-3-5-17(12)22)18(23)8-13-10-20-16-7-6-14(19)9-15(13)16/h6-7,9-10,12,17,20,22H,2-5,8,11H2,1H3. The smallest absolute Gasteiger partial charge is 0.226 e. The SMILES string of the molecule is CN(CC1CCCCC1O)C(=O)Cc1c[nH]c2ccc(Cl)cc12. The molecule has 0 bridgehead atoms. The van der Waals surface area contributed by atoms with E-state index in [1.165, 1.54) is 0 Å². The van der Waals surface area contributed by atoms with Crippen LogP contribution in [-0.4, -0.2) is 40.6 Å². The number of benzene rings is 1. The molecule has 1 amide bonds. The molecular formula is C18H23ClN2O2. The lowest BCUT2D eigenvalue weighted by Gasteiger charge is -2.31. The number of aliphatic hydroxyl groups is 1. The summed E-state index contributed by atoms with van der Waals surface area (Å²) in [6.45, 7) is 0.628. The van der Waals surface area contributed by atoms with E-state index in [0.29, 0.717) is 18.0 Å². The summed E-state index contributed by atoms with van der Waals surface area (Å²) in [4.78, 5) is 17.4. The maximum Gasteiger partial charge on any atom is 0.226 e. The van der Waals surface area contributed by atoms with Crippen molar-refractivity contribution in [3.05, 3.63) is 35.0 Å². The lowest BCUT2D eigenvalue weighted by atomic mass is 9.86. The van der Waals surface area contributed by atoms with Crippen LogP contribution in [0.4, 0.5) is 0 Å². The van der Waals surface area contributed by atoms with Gasteiger partial charge in [0.1, 0.15) is 0 Å². The summed E-state index contributed by atoms with van der Waals surface area (Å²) in [6.07, 6.45) is 6.04. The zero-order valence-electron chi connectivity index (χ0n) is 13.4. The number of hydrogen-bond acceptors (Lipinski definition) is 2. The molecule has 0 radical (unpaired) electrons. The second kappa shape index (κ2) is 6.93. The van der Waals surface area contributed by atoms with E-state index in [9.17, 15) is 9.90 Å². The van der Waals surface area contributed by atoms with E-state index in [-0.39, 0.29) is 17.9 Å². The molecule has 1 fully saturated rings. The average Bonchev–Trinajstić information content (AvgIpc) is 2.91. The average molecular weight is 335 g/mol. The van der Waals surface area contributed by atoms with E-state index in [4.69, 9.17) is 11.6 Å². The van der Waals surface area contributed by atoms with Crippen molar-refractivity contribution in [2.24, 2.45) is 5.92 Å². The Morgan fingerprint density at radius 3 is 2.96 bits per heavy atom. The number of aromatic nitrogens is 1. The highest BCUT2D eigenvalue weighted by Crippen LogP contribution is 2.26. The Bertz CT molecular complexity index is 697. The topological polar surface area (TPSA) is 56.3 Å². The minimum Gasteiger partial charge on any atom is -0.393 e. The lowest BCUT2D eigenvalue weighted by molar-refractivity contribution is -0.130. The molecule has 2 atom stereocenters. The van der Waals surface area contributed by atoms with Crippen molar-refractivity contribution in [3.8, 4) is 0 Å². The van der Waals surface area contributed by atoms with Gasteiger partial charge in [-0.2, -0.15) is 0 Å². The van der Waals surface area contributed by atoms with E-state index < -0.39 is 0 Å². The molecule has 1 aliphatic rings. The first-order chi connectivity index (χ1) is 11.0. The number of likely N-dealkylation sites (N-methyl/N-ethyl adjacent to an activating group) is 1. The molecular weight excluding hydrogens is 312 g/mol. The monoisotopic (exact) mass is 334 g/mol. The predicted molar refractivity (Wildman–Crippen MR) is 92.6 cm³/mol. The molecule has 0 saturated heterocycles. The summed E-state index contributed by atoms with van der Waals surface area (Å²) in [6, 6.07) is 5.65. The van der Waals surface area contributed by atoms with E-state index in [0.717, 1.165) is 42.1 Å². The fraction of sp³-hybridized carbons (Fsp3) is 0.500. The number of carbonyl (C=O) groups is 1. The summed E-state index contributed by atoms with van der Waals surface area (Å²) in [5, 5.41) is 11.7. The minimum absolute atomic E-state index is 0.0728. The van der Waals surface area contributed by atoms with Gasteiger partial charge >= 0.3 is 0 Å². The van der Waals surface area contributed by atoms with E-state index in [1.54, 1.807) is 4.90 Å². The number of nitrogens with one attached hydrogen (secondary N) is 1. The normalized spacial score (nSPS) is 21.5. The van der Waals surface area contributed by atoms with E-state index in [2.05, 4.69) is 4.98 Å². The van der Waals surface area contributed by atoms with Gasteiger partial charge in [-0.15, -0.1) is 0 Å². The second-order valence-corrected chi connectivity index (χ2v) is 7.00. The molecule has 23 heavy (non-hydrogen) atoms. The highest BCUT2D eigenvalue weighted by Gasteiger charge is 2.25. The predicted octanol–water partition coefficient (Wildman–Crippen LogP) is 3.37. The third-order valence-corrected chi connectivity index (χ3v) is 5.11. The van der Waals surface area contributed by atoms with Crippen LogP contribution in [0.2, 0.25) is 5.02 Å². The fourth-order valence-electron chi connectivity index (χ4n) is 3.45. The van der Waals surface area contributed by atoms with Crippen molar-refractivity contribution in [1.29, 1.82) is 0 Å². The van der Waals surface area contributed by atoms with Crippen LogP contribution in [-0.2, 0) is 11.2 Å². The third kappa shape index (κ3) is 3.70. The molecule has 2 N–H and O–H groups in total. The molecule has 1 aromatic heterocycles. The maximum absolute atomic E-state index is 12.5. The lowest BCUT2D eigenvalue weighted by Crippen LogP contribution is -2.38. The fourth-order valence-corrected chi connectivity index (χ4v) is 3.62. The van der Waals surface area contributed by atoms with Crippen molar-refractivity contribution >= 4 is 28.4 Å². The Hall–Kier alpha value is -1.52. The van der Waals surface area contributed by atoms with Crippen LogP contribution in [0.1, 0.15) is 31.2 Å². The van der Waals surface area contributed by atoms with Crippen LogP contribution in [0.3, 0.4) is 0 Å². The number of H-pyrrole nitrogens is 1. The van der Waals surface area contributed by atoms with Gasteiger partial charge < -0.3 is 15.0 Å². The van der Waals surface area contributed by atoms with E-state index >= 15 is 0 Å². The van der Waals surface area contributed by atoms with Crippen molar-refractivity contribution in [1.82, 2.24) is 9.88 Å². The van der Waals surface area contributed by atoms with Gasteiger partial charge in [-0.1, -0.05) is 24.4 Å². The molecule has 5 heteroatoms. The second-order valence-electron chi connectivity index (χ2n) is 6.57. The molecule has 124 valence electrons. The summed E-state index contributed by atoms with van der Waals surface area (Å²) in [5.74, 6) is 0.277. The van der Waals surface area contributed by atoms with Gasteiger partial charge in [-0.3, -0.25) is 4.79 Å². The Morgan fingerprint density at radius 1 is 1.39 bits per heavy atom. The Kier molecular flexibility index (Phi) is 4.93. The summed E-state index contributed by atoms with van der Waals surface area (Å²) >= 11 is 6.05. The van der Waals surface area contributed by atoms with Gasteiger partial charge in [0.25, 0.3) is 0 Å². The van der Waals surface area contributed by atoms with Gasteiger partial charge in [0, 0.05) is 41.6 Å². The summed E-state index contributed by atoms with van der Waals surface area (Å²) in [5.41, 5.74) is 1.95. The summed E-state index contributed by atoms with van der Waals surface area (Å²) < 4.78 is 0. The molecule has 2 unspecified atom stereocenters. The van der Waals surface area contributed by atoms with Gasteiger partial charge in [0.2, 0.25) is 5.91 Å². The van der Waals surface area contributed by atoms with E-state index in [1.807, 2.05) is 31.4 Å². The first kappa shape index (κ1) is 16.3. The summed E-state index contributed by atoms with van der Waals surface area (Å²) in [7, 11) is 1.82. The number of hydrogen-bond donors (Lipinski definition) is 2. The van der Waals surface area contributed by atoms with Crippen LogP contribution in [0.15, 0.2) is 24.4 Å². The number of nitrogens with zero attached hydrogens (tertiary/aromatic N) is 1. The van der Waals surface area contributed by atoms with Crippen LogP contribution >= 0.6 is 11.6 Å². The van der Waals surface area contributed by atoms with Crippen molar-refractivity contribution in [2.75, 3.05) is 13.6 Å². The zero-order valence-corrected chi connectivity index (χ0v) is 14.1. The van der Waals surface area contributed by atoms with Crippen LogP contribution in [0.25, 0.3) is 10.9 Å². The number of halogens is 1. The number of amides is 1. The van der Waals surface area contributed by atoms with Crippen LogP contribution in [0, 0.1) is 5.92 Å². The molecule has 4 nitrogen and oxygen atoms in total. The molecule has 1 heterocycles. The van der Waals surface area contributed by atoms with Gasteiger partial charge in [0.15, 0.2) is 0 Å². The molecule has 1 aromatic carbocycles. The van der Waals surface area contributed by atoms with Crippen molar-refractivity contribution < 1.29 is 9.90 Å². The van der Waals surface area contributed by atoms with Crippen molar-refractivity contribution in [2.45, 2.75) is 38.2 Å². The molecule has 2 aromatic rings. The maximum atomic E-state index is 12.5. The Labute approximate surface area is 141 Å². The highest BCUT2D eigenvalue weighted by atomic mass is 35.5.